The number of carbonyl (C=O) groups is 1. The molecule has 0 unspecified atom stereocenters. The lowest BCUT2D eigenvalue weighted by molar-refractivity contribution is -0.155. The zero-order chi connectivity index (χ0) is 13.1. The lowest BCUT2D eigenvalue weighted by Gasteiger charge is -2.19. The Kier molecular flexibility index (Phi) is 4.15. The van der Waals surface area contributed by atoms with E-state index in [1.54, 1.807) is 6.07 Å². The second-order valence-electron chi connectivity index (χ2n) is 5.05. The molecule has 1 heterocycles. The third-order valence-electron chi connectivity index (χ3n) is 2.07. The van der Waals surface area contributed by atoms with Crippen molar-refractivity contribution >= 4 is 11.8 Å². The second-order valence-corrected chi connectivity index (χ2v) is 5.05. The summed E-state index contributed by atoms with van der Waals surface area (Å²) in [5.74, 6) is 0.176. The topological polar surface area (TPSA) is 70.1 Å². The van der Waals surface area contributed by atoms with Crippen LogP contribution in [0.4, 0.5) is 5.82 Å². The molecule has 0 bridgehead atoms. The number of aromatic nitrogens is 2. The summed E-state index contributed by atoms with van der Waals surface area (Å²) < 4.78 is 6.70. The van der Waals surface area contributed by atoms with E-state index in [0.717, 1.165) is 18.5 Å². The van der Waals surface area contributed by atoms with Gasteiger partial charge < -0.3 is 10.5 Å². The molecule has 17 heavy (non-hydrogen) atoms. The third kappa shape index (κ3) is 4.46. The number of aryl methyl sites for hydroxylation is 1. The first-order chi connectivity index (χ1) is 7.81. The predicted octanol–water partition coefficient (Wildman–Crippen LogP) is 1.76. The fourth-order valence-electron chi connectivity index (χ4n) is 1.49. The lowest BCUT2D eigenvalue weighted by Crippen LogP contribution is -2.27. The van der Waals surface area contributed by atoms with Crippen LogP contribution in [0, 0.1) is 0 Å². The number of ether oxygens (including phenoxy) is 1. The van der Waals surface area contributed by atoms with E-state index in [1.165, 1.54) is 4.68 Å². The average molecular weight is 239 g/mol. The first kappa shape index (κ1) is 13.5. The number of nitrogens with zero attached hydrogens (tertiary/aromatic N) is 2. The Balaban J connectivity index is 2.65. The maximum Gasteiger partial charge on any atom is 0.328 e. The summed E-state index contributed by atoms with van der Waals surface area (Å²) in [6.07, 6.45) is 1.87. The quantitative estimate of drug-likeness (QED) is 0.813. The summed E-state index contributed by atoms with van der Waals surface area (Å²) >= 11 is 0. The first-order valence-corrected chi connectivity index (χ1v) is 5.86. The summed E-state index contributed by atoms with van der Waals surface area (Å²) in [6, 6.07) is 1.80. The molecular weight excluding hydrogens is 218 g/mol. The van der Waals surface area contributed by atoms with Crippen LogP contribution in [0.5, 0.6) is 0 Å². The highest BCUT2D eigenvalue weighted by Crippen LogP contribution is 2.11. The maximum absolute atomic E-state index is 11.6. The van der Waals surface area contributed by atoms with Crippen molar-refractivity contribution < 1.29 is 9.53 Å². The number of nitrogen functional groups attached to an aromatic ring is 1. The Morgan fingerprint density at radius 2 is 2.18 bits per heavy atom. The standard InChI is InChI=1S/C12H21N3O2/c1-5-6-9-7-10(13)15(14-9)8-11(16)17-12(2,3)4/h7H,5-6,8,13H2,1-4H3. The number of carbonyl (C=O) groups excluding carboxylic acids is 1. The van der Waals surface area contributed by atoms with Gasteiger partial charge in [-0.1, -0.05) is 13.3 Å². The SMILES string of the molecule is CCCc1cc(N)n(CC(=O)OC(C)(C)C)n1. The van der Waals surface area contributed by atoms with Crippen LogP contribution in [0.15, 0.2) is 6.07 Å². The van der Waals surface area contributed by atoms with Crippen molar-refractivity contribution in [3.8, 4) is 0 Å². The van der Waals surface area contributed by atoms with E-state index < -0.39 is 5.60 Å². The van der Waals surface area contributed by atoms with Crippen LogP contribution in [-0.2, 0) is 22.5 Å². The Morgan fingerprint density at radius 1 is 1.53 bits per heavy atom. The molecule has 0 saturated heterocycles. The van der Waals surface area contributed by atoms with E-state index in [4.69, 9.17) is 10.5 Å². The highest BCUT2D eigenvalue weighted by atomic mass is 16.6. The lowest BCUT2D eigenvalue weighted by atomic mass is 10.2. The molecule has 0 radical (unpaired) electrons. The third-order valence-corrected chi connectivity index (χ3v) is 2.07. The van der Waals surface area contributed by atoms with Crippen molar-refractivity contribution in [2.45, 2.75) is 52.7 Å². The van der Waals surface area contributed by atoms with Gasteiger partial charge in [-0.25, -0.2) is 4.68 Å². The molecule has 1 aromatic heterocycles. The van der Waals surface area contributed by atoms with Gasteiger partial charge in [0.2, 0.25) is 0 Å². The maximum atomic E-state index is 11.6. The normalized spacial score (nSPS) is 11.5. The zero-order valence-corrected chi connectivity index (χ0v) is 11.0. The first-order valence-electron chi connectivity index (χ1n) is 5.86. The Hall–Kier alpha value is -1.52. The molecule has 0 fully saturated rings. The largest absolute Gasteiger partial charge is 0.459 e. The van der Waals surface area contributed by atoms with Crippen LogP contribution in [0.25, 0.3) is 0 Å². The molecule has 5 nitrogen and oxygen atoms in total. The van der Waals surface area contributed by atoms with E-state index >= 15 is 0 Å². The average Bonchev–Trinajstić information content (AvgIpc) is 2.44. The minimum atomic E-state index is -0.481. The minimum Gasteiger partial charge on any atom is -0.459 e. The Morgan fingerprint density at radius 3 is 2.71 bits per heavy atom. The number of hydrogen-bond donors (Lipinski definition) is 1. The van der Waals surface area contributed by atoms with Gasteiger partial charge in [0.15, 0.2) is 0 Å². The molecule has 5 heteroatoms. The van der Waals surface area contributed by atoms with Gasteiger partial charge in [-0.05, 0) is 27.2 Å². The molecular formula is C12H21N3O2. The van der Waals surface area contributed by atoms with Crippen LogP contribution in [0.3, 0.4) is 0 Å². The van der Waals surface area contributed by atoms with Gasteiger partial charge >= 0.3 is 5.97 Å². The minimum absolute atomic E-state index is 0.0623. The van der Waals surface area contributed by atoms with Crippen LogP contribution in [0.1, 0.15) is 39.8 Å². The van der Waals surface area contributed by atoms with Crippen molar-refractivity contribution in [1.82, 2.24) is 9.78 Å². The van der Waals surface area contributed by atoms with Gasteiger partial charge in [0.25, 0.3) is 0 Å². The molecule has 0 spiro atoms. The molecule has 1 aromatic rings. The van der Waals surface area contributed by atoms with Crippen LogP contribution in [0.2, 0.25) is 0 Å². The summed E-state index contributed by atoms with van der Waals surface area (Å²) in [5.41, 5.74) is 6.21. The Labute approximate surface area is 102 Å². The number of nitrogens with two attached hydrogens (primary N) is 1. The van der Waals surface area contributed by atoms with E-state index in [2.05, 4.69) is 12.0 Å². The van der Waals surface area contributed by atoms with Gasteiger partial charge in [-0.2, -0.15) is 5.10 Å². The van der Waals surface area contributed by atoms with E-state index in [0.29, 0.717) is 5.82 Å². The van der Waals surface area contributed by atoms with Crippen molar-refractivity contribution in [1.29, 1.82) is 0 Å². The van der Waals surface area contributed by atoms with Crippen LogP contribution >= 0.6 is 0 Å². The molecule has 1 rings (SSSR count). The smallest absolute Gasteiger partial charge is 0.328 e. The van der Waals surface area contributed by atoms with Gasteiger partial charge in [-0.3, -0.25) is 4.79 Å². The molecule has 2 N–H and O–H groups in total. The fourth-order valence-corrected chi connectivity index (χ4v) is 1.49. The summed E-state index contributed by atoms with van der Waals surface area (Å²) in [5, 5.41) is 4.26. The van der Waals surface area contributed by atoms with Crippen molar-refractivity contribution in [3.05, 3.63) is 11.8 Å². The monoisotopic (exact) mass is 239 g/mol. The highest BCUT2D eigenvalue weighted by molar-refractivity contribution is 5.70. The molecule has 0 aliphatic carbocycles. The predicted molar refractivity (Wildman–Crippen MR) is 66.5 cm³/mol. The van der Waals surface area contributed by atoms with Gasteiger partial charge in [0.1, 0.15) is 18.0 Å². The van der Waals surface area contributed by atoms with E-state index in [1.807, 2.05) is 20.8 Å². The van der Waals surface area contributed by atoms with Crippen molar-refractivity contribution in [2.24, 2.45) is 0 Å². The van der Waals surface area contributed by atoms with Crippen LogP contribution in [-0.4, -0.2) is 21.4 Å². The summed E-state index contributed by atoms with van der Waals surface area (Å²) in [7, 11) is 0. The zero-order valence-electron chi connectivity index (χ0n) is 11.0. The molecule has 0 aromatic carbocycles. The number of anilines is 1. The summed E-state index contributed by atoms with van der Waals surface area (Å²) in [6.45, 7) is 7.63. The number of hydrogen-bond acceptors (Lipinski definition) is 4. The number of rotatable bonds is 4. The molecule has 0 atom stereocenters. The van der Waals surface area contributed by atoms with Crippen LogP contribution < -0.4 is 5.73 Å². The molecule has 0 aliphatic rings. The molecule has 96 valence electrons. The van der Waals surface area contributed by atoms with E-state index in [-0.39, 0.29) is 12.5 Å². The number of esters is 1. The van der Waals surface area contributed by atoms with E-state index in [9.17, 15) is 4.79 Å². The summed E-state index contributed by atoms with van der Waals surface area (Å²) in [4.78, 5) is 11.6. The highest BCUT2D eigenvalue weighted by Gasteiger charge is 2.17. The molecule has 0 saturated carbocycles. The van der Waals surface area contributed by atoms with Crippen molar-refractivity contribution in [3.63, 3.8) is 0 Å². The van der Waals surface area contributed by atoms with Gasteiger partial charge in [0, 0.05) is 6.07 Å². The molecule has 0 amide bonds. The van der Waals surface area contributed by atoms with Gasteiger partial charge in [0.05, 0.1) is 5.69 Å². The second kappa shape index (κ2) is 5.21. The van der Waals surface area contributed by atoms with Crippen molar-refractivity contribution in [2.75, 3.05) is 5.73 Å². The fraction of sp³-hybridized carbons (Fsp3) is 0.667. The Bertz CT molecular complexity index is 391. The molecule has 0 aliphatic heterocycles. The van der Waals surface area contributed by atoms with Gasteiger partial charge in [-0.15, -0.1) is 0 Å².